The fraction of sp³-hybridized carbons (Fsp3) is 0.818. The van der Waals surface area contributed by atoms with Gasteiger partial charge in [-0.05, 0) is 34.6 Å². The maximum absolute atomic E-state index is 11.8. The van der Waals surface area contributed by atoms with Crippen LogP contribution in [0.3, 0.4) is 0 Å². The molecule has 0 atom stereocenters. The van der Waals surface area contributed by atoms with E-state index in [0.717, 1.165) is 0 Å². The first-order valence-corrected chi connectivity index (χ1v) is 5.37. The molecule has 0 aromatic carbocycles. The molecule has 1 saturated heterocycles. The van der Waals surface area contributed by atoms with Gasteiger partial charge in [0.2, 0.25) is 0 Å². The molecule has 1 aliphatic rings. The van der Waals surface area contributed by atoms with Gasteiger partial charge in [0.25, 0.3) is 0 Å². The number of piperazine rings is 1. The summed E-state index contributed by atoms with van der Waals surface area (Å²) in [4.78, 5) is 26.9. The van der Waals surface area contributed by atoms with Crippen molar-refractivity contribution in [2.75, 3.05) is 13.1 Å². The van der Waals surface area contributed by atoms with Crippen LogP contribution >= 0.6 is 0 Å². The van der Waals surface area contributed by atoms with Crippen LogP contribution in [0.4, 0.5) is 0 Å². The zero-order valence-corrected chi connectivity index (χ0v) is 10.2. The Morgan fingerprint density at radius 3 is 2.00 bits per heavy atom. The van der Waals surface area contributed by atoms with Crippen molar-refractivity contribution in [1.29, 1.82) is 0 Å². The molecule has 0 radical (unpaired) electrons. The Morgan fingerprint density at radius 1 is 1.07 bits per heavy atom. The lowest BCUT2D eigenvalue weighted by atomic mass is 10.0. The summed E-state index contributed by atoms with van der Waals surface area (Å²) in [6, 6.07) is 0.101. The van der Waals surface area contributed by atoms with E-state index in [2.05, 4.69) is 0 Å². The second kappa shape index (κ2) is 3.83. The number of nitrogens with zero attached hydrogens (tertiary/aromatic N) is 2. The molecule has 1 rings (SSSR count). The second-order valence-electron chi connectivity index (χ2n) is 5.22. The van der Waals surface area contributed by atoms with Crippen LogP contribution in [-0.2, 0) is 9.59 Å². The first kappa shape index (κ1) is 12.0. The molecule has 0 aromatic heterocycles. The van der Waals surface area contributed by atoms with Gasteiger partial charge in [-0.1, -0.05) is 0 Å². The highest BCUT2D eigenvalue weighted by Gasteiger charge is 2.38. The number of hydrogen-bond donors (Lipinski definition) is 0. The molecule has 0 saturated carbocycles. The summed E-state index contributed by atoms with van der Waals surface area (Å²) in [6.45, 7) is 11.0. The topological polar surface area (TPSA) is 40.6 Å². The van der Waals surface area contributed by atoms with E-state index in [9.17, 15) is 9.59 Å². The van der Waals surface area contributed by atoms with Crippen LogP contribution in [0.5, 0.6) is 0 Å². The highest BCUT2D eigenvalue weighted by atomic mass is 16.2. The van der Waals surface area contributed by atoms with E-state index in [4.69, 9.17) is 0 Å². The van der Waals surface area contributed by atoms with Gasteiger partial charge in [0.05, 0.1) is 0 Å². The number of hydrogen-bond acceptors (Lipinski definition) is 2. The lowest BCUT2D eigenvalue weighted by Crippen LogP contribution is -2.61. The first-order chi connectivity index (χ1) is 6.75. The van der Waals surface area contributed by atoms with Crippen LogP contribution in [0.1, 0.15) is 34.6 Å². The van der Waals surface area contributed by atoms with Crippen molar-refractivity contribution in [1.82, 2.24) is 9.80 Å². The average molecular weight is 212 g/mol. The first-order valence-electron chi connectivity index (χ1n) is 5.37. The summed E-state index contributed by atoms with van der Waals surface area (Å²) >= 11 is 0. The van der Waals surface area contributed by atoms with Crippen molar-refractivity contribution in [3.05, 3.63) is 0 Å². The monoisotopic (exact) mass is 212 g/mol. The van der Waals surface area contributed by atoms with Crippen molar-refractivity contribution >= 4 is 11.8 Å². The van der Waals surface area contributed by atoms with Crippen molar-refractivity contribution in [2.45, 2.75) is 46.2 Å². The SMILES string of the molecule is CC(C)N1CCN(C(C)(C)C)C(=O)C1=O. The largest absolute Gasteiger partial charge is 0.330 e. The molecule has 4 nitrogen and oxygen atoms in total. The zero-order valence-electron chi connectivity index (χ0n) is 10.2. The predicted octanol–water partition coefficient (Wildman–Crippen LogP) is 0.864. The van der Waals surface area contributed by atoms with E-state index in [1.54, 1.807) is 9.80 Å². The Balaban J connectivity index is 2.83. The van der Waals surface area contributed by atoms with Gasteiger partial charge in [-0.3, -0.25) is 9.59 Å². The number of carbonyl (C=O) groups is 2. The van der Waals surface area contributed by atoms with Crippen molar-refractivity contribution in [2.24, 2.45) is 0 Å². The predicted molar refractivity (Wildman–Crippen MR) is 58.3 cm³/mol. The van der Waals surface area contributed by atoms with Crippen molar-refractivity contribution < 1.29 is 9.59 Å². The Bertz CT molecular complexity index is 279. The van der Waals surface area contributed by atoms with Crippen LogP contribution in [0.2, 0.25) is 0 Å². The standard InChI is InChI=1S/C11H20N2O2/c1-8(2)12-6-7-13(11(3,4)5)10(15)9(12)14/h8H,6-7H2,1-5H3. The van der Waals surface area contributed by atoms with Gasteiger partial charge in [-0.2, -0.15) is 0 Å². The fourth-order valence-corrected chi connectivity index (χ4v) is 1.78. The van der Waals surface area contributed by atoms with Gasteiger partial charge in [0.1, 0.15) is 0 Å². The van der Waals surface area contributed by atoms with E-state index < -0.39 is 0 Å². The van der Waals surface area contributed by atoms with Gasteiger partial charge >= 0.3 is 11.8 Å². The lowest BCUT2D eigenvalue weighted by Gasteiger charge is -2.42. The van der Waals surface area contributed by atoms with Crippen LogP contribution in [-0.4, -0.2) is 46.3 Å². The van der Waals surface area contributed by atoms with E-state index in [0.29, 0.717) is 13.1 Å². The fourth-order valence-electron chi connectivity index (χ4n) is 1.78. The summed E-state index contributed by atoms with van der Waals surface area (Å²) in [5, 5.41) is 0. The third-order valence-corrected chi connectivity index (χ3v) is 2.69. The molecule has 0 spiro atoms. The zero-order chi connectivity index (χ0) is 11.8. The molecule has 1 fully saturated rings. The quantitative estimate of drug-likeness (QED) is 0.605. The van der Waals surface area contributed by atoms with Gasteiger partial charge in [0.15, 0.2) is 0 Å². The molecule has 0 aliphatic carbocycles. The van der Waals surface area contributed by atoms with Gasteiger partial charge in [-0.15, -0.1) is 0 Å². The molecule has 4 heteroatoms. The van der Waals surface area contributed by atoms with Crippen LogP contribution in [0.25, 0.3) is 0 Å². The molecule has 0 unspecified atom stereocenters. The van der Waals surface area contributed by atoms with Crippen LogP contribution < -0.4 is 0 Å². The summed E-state index contributed by atoms with van der Waals surface area (Å²) < 4.78 is 0. The van der Waals surface area contributed by atoms with Crippen molar-refractivity contribution in [3.63, 3.8) is 0 Å². The maximum Gasteiger partial charge on any atom is 0.312 e. The molecular weight excluding hydrogens is 192 g/mol. The summed E-state index contributed by atoms with van der Waals surface area (Å²) in [5.74, 6) is -0.742. The van der Waals surface area contributed by atoms with E-state index in [-0.39, 0.29) is 23.4 Å². The Morgan fingerprint density at radius 2 is 1.60 bits per heavy atom. The highest BCUT2D eigenvalue weighted by molar-refractivity contribution is 6.35. The Kier molecular flexibility index (Phi) is 3.07. The van der Waals surface area contributed by atoms with E-state index >= 15 is 0 Å². The molecule has 15 heavy (non-hydrogen) atoms. The molecular formula is C11H20N2O2. The second-order valence-corrected chi connectivity index (χ2v) is 5.22. The molecule has 0 bridgehead atoms. The molecule has 0 aromatic rings. The number of carbonyl (C=O) groups excluding carboxylic acids is 2. The summed E-state index contributed by atoms with van der Waals surface area (Å²) in [7, 11) is 0. The lowest BCUT2D eigenvalue weighted by molar-refractivity contribution is -0.160. The molecule has 1 aliphatic heterocycles. The Labute approximate surface area is 91.2 Å². The minimum absolute atomic E-state index is 0.101. The van der Waals surface area contributed by atoms with Crippen LogP contribution in [0.15, 0.2) is 0 Å². The summed E-state index contributed by atoms with van der Waals surface area (Å²) in [5.41, 5.74) is -0.268. The minimum Gasteiger partial charge on any atom is -0.330 e. The van der Waals surface area contributed by atoms with E-state index in [1.165, 1.54) is 0 Å². The average Bonchev–Trinajstić information content (AvgIpc) is 2.06. The Hall–Kier alpha value is -1.06. The number of rotatable bonds is 1. The van der Waals surface area contributed by atoms with Gasteiger partial charge in [0, 0.05) is 24.7 Å². The van der Waals surface area contributed by atoms with Crippen LogP contribution in [0, 0.1) is 0 Å². The normalized spacial score (nSPS) is 19.1. The molecule has 1 heterocycles. The third kappa shape index (κ3) is 2.30. The molecule has 2 amide bonds. The summed E-state index contributed by atoms with van der Waals surface area (Å²) in [6.07, 6.45) is 0. The van der Waals surface area contributed by atoms with Gasteiger partial charge in [-0.25, -0.2) is 0 Å². The van der Waals surface area contributed by atoms with E-state index in [1.807, 2.05) is 34.6 Å². The minimum atomic E-state index is -0.373. The van der Waals surface area contributed by atoms with Gasteiger partial charge < -0.3 is 9.80 Å². The van der Waals surface area contributed by atoms with Crippen molar-refractivity contribution in [3.8, 4) is 0 Å². The number of amides is 2. The molecule has 0 N–H and O–H groups in total. The third-order valence-electron chi connectivity index (χ3n) is 2.69. The maximum atomic E-state index is 11.8. The smallest absolute Gasteiger partial charge is 0.312 e. The molecule has 86 valence electrons. The highest BCUT2D eigenvalue weighted by Crippen LogP contribution is 2.18.